The van der Waals surface area contributed by atoms with Gasteiger partial charge in [0.1, 0.15) is 5.54 Å². The molecule has 0 aromatic heterocycles. The summed E-state index contributed by atoms with van der Waals surface area (Å²) in [5.41, 5.74) is 5.06. The summed E-state index contributed by atoms with van der Waals surface area (Å²) < 4.78 is 0. The lowest BCUT2D eigenvalue weighted by Gasteiger charge is -2.20. The lowest BCUT2D eigenvalue weighted by molar-refractivity contribution is -0.131. The van der Waals surface area contributed by atoms with Crippen molar-refractivity contribution in [3.8, 4) is 0 Å². The Kier molecular flexibility index (Phi) is 3.59. The Hall–Kier alpha value is -2.57. The second-order valence-corrected chi connectivity index (χ2v) is 5.19. The van der Waals surface area contributed by atoms with Crippen molar-refractivity contribution >= 4 is 23.6 Å². The van der Waals surface area contributed by atoms with Gasteiger partial charge in [-0.15, -0.1) is 0 Å². The van der Waals surface area contributed by atoms with Gasteiger partial charge >= 0.3 is 12.0 Å². The molecule has 1 fully saturated rings. The number of hydrogen-bond donors (Lipinski definition) is 3. The first-order valence-electron chi connectivity index (χ1n) is 6.55. The number of carbonyl (C=O) groups is 3. The molecule has 1 aromatic rings. The van der Waals surface area contributed by atoms with E-state index < -0.39 is 17.5 Å². The molecule has 0 bridgehead atoms. The number of nitrogens with zero attached hydrogens (tertiary/aromatic N) is 1. The molecule has 1 aromatic carbocycles. The molecule has 112 valence electrons. The standard InChI is InChI=1S/C14H17N3O4/c1-3-14(2)12(20)17(13(21)16-14)7-8-5-4-6-9(15)10(8)11(18)19/h4-6H,3,7,15H2,1-2H3,(H,16,21)(H,18,19). The van der Waals surface area contributed by atoms with Gasteiger partial charge in [-0.3, -0.25) is 9.69 Å². The molecule has 1 saturated heterocycles. The molecule has 21 heavy (non-hydrogen) atoms. The maximum absolute atomic E-state index is 12.3. The number of hydrogen-bond acceptors (Lipinski definition) is 4. The topological polar surface area (TPSA) is 113 Å². The van der Waals surface area contributed by atoms with E-state index in [0.717, 1.165) is 4.90 Å². The highest BCUT2D eigenvalue weighted by molar-refractivity contribution is 6.07. The highest BCUT2D eigenvalue weighted by atomic mass is 16.4. The molecule has 0 radical (unpaired) electrons. The average Bonchev–Trinajstić information content (AvgIpc) is 2.63. The van der Waals surface area contributed by atoms with E-state index in [0.29, 0.717) is 12.0 Å². The third kappa shape index (κ3) is 2.42. The Bertz CT molecular complexity index is 629. The first-order chi connectivity index (χ1) is 9.80. The molecule has 1 unspecified atom stereocenters. The fraction of sp³-hybridized carbons (Fsp3) is 0.357. The van der Waals surface area contributed by atoms with Gasteiger partial charge in [-0.1, -0.05) is 19.1 Å². The largest absolute Gasteiger partial charge is 0.478 e. The van der Waals surface area contributed by atoms with Crippen molar-refractivity contribution in [2.75, 3.05) is 5.73 Å². The average molecular weight is 291 g/mol. The first kappa shape index (κ1) is 14.8. The minimum absolute atomic E-state index is 0.0804. The fourth-order valence-electron chi connectivity index (χ4n) is 2.31. The van der Waals surface area contributed by atoms with Crippen LogP contribution >= 0.6 is 0 Å². The van der Waals surface area contributed by atoms with Gasteiger partial charge in [-0.05, 0) is 25.0 Å². The van der Waals surface area contributed by atoms with Crippen LogP contribution in [0.2, 0.25) is 0 Å². The number of amides is 3. The molecule has 4 N–H and O–H groups in total. The van der Waals surface area contributed by atoms with Gasteiger partial charge in [0.2, 0.25) is 0 Å². The van der Waals surface area contributed by atoms with Crippen LogP contribution in [-0.4, -0.2) is 33.5 Å². The van der Waals surface area contributed by atoms with Gasteiger partial charge in [0.25, 0.3) is 5.91 Å². The number of carboxylic acids is 1. The van der Waals surface area contributed by atoms with E-state index >= 15 is 0 Å². The molecule has 7 nitrogen and oxygen atoms in total. The molecule has 0 spiro atoms. The highest BCUT2D eigenvalue weighted by Gasteiger charge is 2.46. The van der Waals surface area contributed by atoms with Crippen LogP contribution in [0.1, 0.15) is 36.2 Å². The van der Waals surface area contributed by atoms with E-state index in [1.807, 2.05) is 0 Å². The molecule has 1 atom stereocenters. The van der Waals surface area contributed by atoms with Crippen molar-refractivity contribution in [1.82, 2.24) is 10.2 Å². The first-order valence-corrected chi connectivity index (χ1v) is 6.55. The van der Waals surface area contributed by atoms with Crippen LogP contribution in [0.25, 0.3) is 0 Å². The summed E-state index contributed by atoms with van der Waals surface area (Å²) in [7, 11) is 0. The summed E-state index contributed by atoms with van der Waals surface area (Å²) in [4.78, 5) is 36.5. The molecular weight excluding hydrogens is 274 g/mol. The molecule has 1 heterocycles. The molecule has 7 heteroatoms. The zero-order valence-corrected chi connectivity index (χ0v) is 11.8. The Morgan fingerprint density at radius 1 is 1.43 bits per heavy atom. The van der Waals surface area contributed by atoms with Crippen molar-refractivity contribution in [3.63, 3.8) is 0 Å². The van der Waals surface area contributed by atoms with Crippen LogP contribution in [-0.2, 0) is 11.3 Å². The molecule has 1 aliphatic rings. The summed E-state index contributed by atoms with van der Waals surface area (Å²) >= 11 is 0. The lowest BCUT2D eigenvalue weighted by Crippen LogP contribution is -2.43. The molecule has 3 amide bonds. The van der Waals surface area contributed by atoms with Gasteiger partial charge in [0.05, 0.1) is 12.1 Å². The van der Waals surface area contributed by atoms with Crippen molar-refractivity contribution < 1.29 is 19.5 Å². The quantitative estimate of drug-likeness (QED) is 0.569. The number of nitrogens with one attached hydrogen (secondary N) is 1. The minimum atomic E-state index is -1.19. The lowest BCUT2D eigenvalue weighted by atomic mass is 9.99. The summed E-state index contributed by atoms with van der Waals surface area (Å²) in [5, 5.41) is 11.8. The van der Waals surface area contributed by atoms with E-state index in [-0.39, 0.29) is 23.7 Å². The van der Waals surface area contributed by atoms with Crippen molar-refractivity contribution in [1.29, 1.82) is 0 Å². The van der Waals surface area contributed by atoms with Gasteiger partial charge in [0.15, 0.2) is 0 Å². The number of carbonyl (C=O) groups excluding carboxylic acids is 2. The van der Waals surface area contributed by atoms with Crippen LogP contribution in [0, 0.1) is 0 Å². The monoisotopic (exact) mass is 291 g/mol. The SMILES string of the molecule is CCC1(C)NC(=O)N(Cc2cccc(N)c2C(=O)O)C1=O. The van der Waals surface area contributed by atoms with Gasteiger partial charge < -0.3 is 16.2 Å². The van der Waals surface area contributed by atoms with Crippen LogP contribution in [0.5, 0.6) is 0 Å². The predicted octanol–water partition coefficient (Wildman–Crippen LogP) is 1.19. The van der Waals surface area contributed by atoms with Gasteiger partial charge in [-0.25, -0.2) is 9.59 Å². The van der Waals surface area contributed by atoms with Crippen LogP contribution in [0.3, 0.4) is 0 Å². The van der Waals surface area contributed by atoms with Crippen LogP contribution in [0.4, 0.5) is 10.5 Å². The summed E-state index contributed by atoms with van der Waals surface area (Å²) in [6, 6.07) is 4.08. The van der Waals surface area contributed by atoms with Crippen molar-refractivity contribution in [3.05, 3.63) is 29.3 Å². The summed E-state index contributed by atoms with van der Waals surface area (Å²) in [6.45, 7) is 3.32. The third-order valence-electron chi connectivity index (χ3n) is 3.78. The van der Waals surface area contributed by atoms with Crippen LogP contribution in [0.15, 0.2) is 18.2 Å². The summed E-state index contributed by atoms with van der Waals surface area (Å²) in [5.74, 6) is -1.55. The van der Waals surface area contributed by atoms with Crippen molar-refractivity contribution in [2.45, 2.75) is 32.4 Å². The number of aromatic carboxylic acids is 1. The number of nitrogens with two attached hydrogens (primary N) is 1. The number of benzene rings is 1. The zero-order chi connectivity index (χ0) is 15.8. The van der Waals surface area contributed by atoms with Crippen LogP contribution < -0.4 is 11.1 Å². The number of rotatable bonds is 4. The smallest absolute Gasteiger partial charge is 0.338 e. The van der Waals surface area contributed by atoms with E-state index in [9.17, 15) is 19.5 Å². The van der Waals surface area contributed by atoms with Crippen molar-refractivity contribution in [2.24, 2.45) is 0 Å². The number of carboxylic acid groups (broad SMARTS) is 1. The van der Waals surface area contributed by atoms with Gasteiger partial charge in [0, 0.05) is 5.69 Å². The van der Waals surface area contributed by atoms with E-state index in [1.165, 1.54) is 6.07 Å². The Balaban J connectivity index is 2.36. The Morgan fingerprint density at radius 3 is 2.62 bits per heavy atom. The van der Waals surface area contributed by atoms with E-state index in [1.54, 1.807) is 26.0 Å². The molecular formula is C14H17N3O4. The second kappa shape index (κ2) is 5.08. The number of anilines is 1. The number of imide groups is 1. The zero-order valence-electron chi connectivity index (χ0n) is 11.8. The Labute approximate surface area is 121 Å². The van der Waals surface area contributed by atoms with Gasteiger partial charge in [-0.2, -0.15) is 0 Å². The normalized spacial score (nSPS) is 21.5. The molecule has 1 aliphatic heterocycles. The summed E-state index contributed by atoms with van der Waals surface area (Å²) in [6.07, 6.45) is 0.455. The molecule has 0 aliphatic carbocycles. The third-order valence-corrected chi connectivity index (χ3v) is 3.78. The molecule has 0 saturated carbocycles. The van der Waals surface area contributed by atoms with E-state index in [2.05, 4.69) is 5.32 Å². The highest BCUT2D eigenvalue weighted by Crippen LogP contribution is 2.25. The second-order valence-electron chi connectivity index (χ2n) is 5.19. The Morgan fingerprint density at radius 2 is 2.10 bits per heavy atom. The predicted molar refractivity (Wildman–Crippen MR) is 75.6 cm³/mol. The maximum Gasteiger partial charge on any atom is 0.338 e. The number of urea groups is 1. The molecule has 2 rings (SSSR count). The number of nitrogen functional groups attached to an aromatic ring is 1. The minimum Gasteiger partial charge on any atom is -0.478 e. The fourth-order valence-corrected chi connectivity index (χ4v) is 2.31. The van der Waals surface area contributed by atoms with E-state index in [4.69, 9.17) is 5.73 Å². The maximum atomic E-state index is 12.3.